The van der Waals surface area contributed by atoms with Gasteiger partial charge in [-0.25, -0.2) is 0 Å². The number of piperazine rings is 1. The van der Waals surface area contributed by atoms with E-state index in [1.165, 1.54) is 0 Å². The molecule has 7 nitrogen and oxygen atoms in total. The van der Waals surface area contributed by atoms with E-state index in [1.54, 1.807) is 6.20 Å². The second-order valence-electron chi connectivity index (χ2n) is 5.67. The number of carbonyl (C=O) groups excluding carboxylic acids is 2. The van der Waals surface area contributed by atoms with Crippen LogP contribution < -0.4 is 5.32 Å². The van der Waals surface area contributed by atoms with Gasteiger partial charge in [-0.3, -0.25) is 19.2 Å². The summed E-state index contributed by atoms with van der Waals surface area (Å²) < 4.78 is 1.88. The highest BCUT2D eigenvalue weighted by atomic mass is 16.2. The van der Waals surface area contributed by atoms with Crippen molar-refractivity contribution in [1.82, 2.24) is 24.9 Å². The summed E-state index contributed by atoms with van der Waals surface area (Å²) in [5.74, 6) is 0.128. The normalized spacial score (nSPS) is 23.3. The Kier molecular flexibility index (Phi) is 4.19. The minimum atomic E-state index is 0.00330. The van der Waals surface area contributed by atoms with E-state index < -0.39 is 0 Å². The monoisotopic (exact) mass is 291 g/mol. The van der Waals surface area contributed by atoms with Crippen molar-refractivity contribution in [2.75, 3.05) is 32.7 Å². The number of hydrogen-bond acceptors (Lipinski definition) is 4. The van der Waals surface area contributed by atoms with Crippen LogP contribution in [-0.2, 0) is 16.1 Å². The van der Waals surface area contributed by atoms with Crippen LogP contribution in [0.1, 0.15) is 12.8 Å². The highest BCUT2D eigenvalue weighted by molar-refractivity contribution is 5.82. The summed E-state index contributed by atoms with van der Waals surface area (Å²) in [6.45, 7) is 3.59. The molecule has 0 saturated carbocycles. The van der Waals surface area contributed by atoms with Crippen LogP contribution in [0.25, 0.3) is 0 Å². The highest BCUT2D eigenvalue weighted by Gasteiger charge is 2.30. The molecule has 7 heteroatoms. The van der Waals surface area contributed by atoms with Crippen molar-refractivity contribution in [1.29, 1.82) is 0 Å². The summed E-state index contributed by atoms with van der Waals surface area (Å²) in [5, 5.41) is 6.99. The molecule has 2 amide bonds. The van der Waals surface area contributed by atoms with Gasteiger partial charge in [-0.2, -0.15) is 5.10 Å². The summed E-state index contributed by atoms with van der Waals surface area (Å²) in [6.07, 6.45) is 5.74. The lowest BCUT2D eigenvalue weighted by Gasteiger charge is -2.30. The van der Waals surface area contributed by atoms with Crippen molar-refractivity contribution in [3.63, 3.8) is 0 Å². The molecular formula is C14H21N5O2. The van der Waals surface area contributed by atoms with Crippen molar-refractivity contribution in [2.24, 2.45) is 0 Å². The van der Waals surface area contributed by atoms with Crippen LogP contribution in [0.5, 0.6) is 0 Å². The fourth-order valence-electron chi connectivity index (χ4n) is 3.09. The summed E-state index contributed by atoms with van der Waals surface area (Å²) in [5.41, 5.74) is 0. The maximum atomic E-state index is 12.5. The zero-order chi connectivity index (χ0) is 14.7. The fraction of sp³-hybridized carbons (Fsp3) is 0.643. The SMILES string of the molecule is O=C1CN(CC(=O)N2CCCC2Cn2cccn2)CCN1. The number of nitrogens with zero attached hydrogens (tertiary/aromatic N) is 4. The average molecular weight is 291 g/mol. The number of aromatic nitrogens is 2. The lowest BCUT2D eigenvalue weighted by Crippen LogP contribution is -2.52. The first kappa shape index (κ1) is 14.1. The Morgan fingerprint density at radius 1 is 1.43 bits per heavy atom. The van der Waals surface area contributed by atoms with Gasteiger partial charge in [0.15, 0.2) is 0 Å². The van der Waals surface area contributed by atoms with E-state index in [0.29, 0.717) is 19.6 Å². The number of amides is 2. The third kappa shape index (κ3) is 3.41. The van der Waals surface area contributed by atoms with Gasteiger partial charge in [0.2, 0.25) is 11.8 Å². The largest absolute Gasteiger partial charge is 0.354 e. The molecule has 3 heterocycles. The molecular weight excluding hydrogens is 270 g/mol. The fourth-order valence-corrected chi connectivity index (χ4v) is 3.09. The summed E-state index contributed by atoms with van der Waals surface area (Å²) in [6, 6.07) is 2.11. The van der Waals surface area contributed by atoms with Crippen LogP contribution in [0.15, 0.2) is 18.5 Å². The second kappa shape index (κ2) is 6.26. The van der Waals surface area contributed by atoms with Gasteiger partial charge >= 0.3 is 0 Å². The molecule has 0 aliphatic carbocycles. The van der Waals surface area contributed by atoms with Gasteiger partial charge in [0, 0.05) is 32.0 Å². The molecule has 3 rings (SSSR count). The van der Waals surface area contributed by atoms with Gasteiger partial charge in [0.1, 0.15) is 0 Å². The van der Waals surface area contributed by atoms with E-state index in [2.05, 4.69) is 10.4 Å². The number of rotatable bonds is 4. The van der Waals surface area contributed by atoms with E-state index in [9.17, 15) is 9.59 Å². The Hall–Kier alpha value is -1.89. The first-order chi connectivity index (χ1) is 10.2. The third-order valence-electron chi connectivity index (χ3n) is 4.13. The Labute approximate surface area is 123 Å². The summed E-state index contributed by atoms with van der Waals surface area (Å²) >= 11 is 0. The first-order valence-corrected chi connectivity index (χ1v) is 7.48. The van der Waals surface area contributed by atoms with Crippen LogP contribution in [0.2, 0.25) is 0 Å². The van der Waals surface area contributed by atoms with Gasteiger partial charge in [-0.05, 0) is 18.9 Å². The number of carbonyl (C=O) groups is 2. The molecule has 2 aliphatic heterocycles. The van der Waals surface area contributed by atoms with E-state index in [4.69, 9.17) is 0 Å². The van der Waals surface area contributed by atoms with Gasteiger partial charge < -0.3 is 10.2 Å². The molecule has 0 aromatic carbocycles. The van der Waals surface area contributed by atoms with Gasteiger partial charge in [0.25, 0.3) is 0 Å². The highest BCUT2D eigenvalue weighted by Crippen LogP contribution is 2.19. The molecule has 1 N–H and O–H groups in total. The predicted octanol–water partition coefficient (Wildman–Crippen LogP) is -0.694. The Morgan fingerprint density at radius 3 is 3.10 bits per heavy atom. The van der Waals surface area contributed by atoms with E-state index in [-0.39, 0.29) is 17.9 Å². The molecule has 1 atom stereocenters. The summed E-state index contributed by atoms with van der Waals surface area (Å²) in [7, 11) is 0. The van der Waals surface area contributed by atoms with Gasteiger partial charge in [0.05, 0.1) is 25.7 Å². The van der Waals surface area contributed by atoms with Crippen LogP contribution >= 0.6 is 0 Å². The molecule has 1 aromatic heterocycles. The van der Waals surface area contributed by atoms with Crippen molar-refractivity contribution in [2.45, 2.75) is 25.4 Å². The molecule has 0 bridgehead atoms. The van der Waals surface area contributed by atoms with E-state index in [0.717, 1.165) is 32.5 Å². The Morgan fingerprint density at radius 2 is 2.33 bits per heavy atom. The minimum Gasteiger partial charge on any atom is -0.354 e. The predicted molar refractivity (Wildman–Crippen MR) is 76.4 cm³/mol. The minimum absolute atomic E-state index is 0.00330. The van der Waals surface area contributed by atoms with Crippen molar-refractivity contribution >= 4 is 11.8 Å². The molecule has 114 valence electrons. The van der Waals surface area contributed by atoms with Crippen molar-refractivity contribution in [3.05, 3.63) is 18.5 Å². The number of hydrogen-bond donors (Lipinski definition) is 1. The molecule has 2 saturated heterocycles. The molecule has 1 unspecified atom stereocenters. The third-order valence-corrected chi connectivity index (χ3v) is 4.13. The molecule has 2 aliphatic rings. The first-order valence-electron chi connectivity index (χ1n) is 7.48. The quantitative estimate of drug-likeness (QED) is 0.797. The van der Waals surface area contributed by atoms with E-state index in [1.807, 2.05) is 26.7 Å². The van der Waals surface area contributed by atoms with Gasteiger partial charge in [-0.15, -0.1) is 0 Å². The molecule has 1 aromatic rings. The van der Waals surface area contributed by atoms with Crippen LogP contribution in [0.4, 0.5) is 0 Å². The van der Waals surface area contributed by atoms with Crippen LogP contribution in [0, 0.1) is 0 Å². The molecule has 0 radical (unpaired) electrons. The molecule has 0 spiro atoms. The topological polar surface area (TPSA) is 70.5 Å². The van der Waals surface area contributed by atoms with Crippen LogP contribution in [-0.4, -0.2) is 70.2 Å². The molecule has 21 heavy (non-hydrogen) atoms. The summed E-state index contributed by atoms with van der Waals surface area (Å²) in [4.78, 5) is 27.7. The van der Waals surface area contributed by atoms with Crippen molar-refractivity contribution in [3.8, 4) is 0 Å². The number of likely N-dealkylation sites (tertiary alicyclic amines) is 1. The Balaban J connectivity index is 1.56. The number of nitrogens with one attached hydrogen (secondary N) is 1. The smallest absolute Gasteiger partial charge is 0.237 e. The maximum Gasteiger partial charge on any atom is 0.237 e. The zero-order valence-corrected chi connectivity index (χ0v) is 12.1. The average Bonchev–Trinajstić information content (AvgIpc) is 3.10. The Bertz CT molecular complexity index is 501. The second-order valence-corrected chi connectivity index (χ2v) is 5.67. The standard InChI is InChI=1S/C14H21N5O2/c20-13-10-17(8-5-15-13)11-14(21)19-7-1-3-12(19)9-18-6-2-4-16-18/h2,4,6,12H,1,3,5,7-11H2,(H,15,20). The van der Waals surface area contributed by atoms with Gasteiger partial charge in [-0.1, -0.05) is 0 Å². The van der Waals surface area contributed by atoms with Crippen molar-refractivity contribution < 1.29 is 9.59 Å². The van der Waals surface area contributed by atoms with Crippen LogP contribution in [0.3, 0.4) is 0 Å². The maximum absolute atomic E-state index is 12.5. The lowest BCUT2D eigenvalue weighted by molar-refractivity contribution is -0.134. The molecule has 2 fully saturated rings. The van der Waals surface area contributed by atoms with E-state index >= 15 is 0 Å². The zero-order valence-electron chi connectivity index (χ0n) is 12.1. The lowest BCUT2D eigenvalue weighted by atomic mass is 10.2.